The Bertz CT molecular complexity index is 1140. The zero-order valence-corrected chi connectivity index (χ0v) is 14.5. The highest BCUT2D eigenvalue weighted by Crippen LogP contribution is 2.27. The highest BCUT2D eigenvalue weighted by Gasteiger charge is 2.31. The molecule has 0 aromatic heterocycles. The van der Waals surface area contributed by atoms with Gasteiger partial charge in [-0.3, -0.25) is 4.68 Å². The predicted octanol–water partition coefficient (Wildman–Crippen LogP) is 4.67. The van der Waals surface area contributed by atoms with Crippen LogP contribution in [0.3, 0.4) is 0 Å². The molecule has 2 aliphatic rings. The molecule has 148 valence electrons. The van der Waals surface area contributed by atoms with Crippen molar-refractivity contribution in [2.45, 2.75) is 12.9 Å². The quantitative estimate of drug-likeness (QED) is 0.462. The van der Waals surface area contributed by atoms with Crippen LogP contribution in [-0.2, 0) is 6.54 Å². The molecule has 0 spiro atoms. The fraction of sp³-hybridized carbons (Fsp3) is 0.105. The lowest BCUT2D eigenvalue weighted by Crippen LogP contribution is -2.17. The number of aromatic nitrogens is 4. The summed E-state index contributed by atoms with van der Waals surface area (Å²) in [5.74, 6) is -2.39. The smallest absolute Gasteiger partial charge is 0.406 e. The molecule has 0 saturated carbocycles. The average Bonchev–Trinajstić information content (AvgIpc) is 3.06. The van der Waals surface area contributed by atoms with Crippen molar-refractivity contribution in [3.8, 4) is 28.5 Å². The van der Waals surface area contributed by atoms with E-state index in [-0.39, 0.29) is 23.7 Å². The largest absolute Gasteiger partial charge is 0.573 e. The Hall–Kier alpha value is -3.56. The van der Waals surface area contributed by atoms with Crippen LogP contribution in [-0.4, -0.2) is 26.1 Å². The molecule has 0 fully saturated rings. The number of hydrogen-bond donors (Lipinski definition) is 0. The van der Waals surface area contributed by atoms with Crippen molar-refractivity contribution in [1.82, 2.24) is 19.7 Å². The summed E-state index contributed by atoms with van der Waals surface area (Å²) in [7, 11) is 0. The Kier molecular flexibility index (Phi) is 4.61. The number of benzene rings is 2. The molecule has 29 heavy (non-hydrogen) atoms. The summed E-state index contributed by atoms with van der Waals surface area (Å²) in [5, 5.41) is 4.14. The van der Waals surface area contributed by atoms with Crippen LogP contribution < -0.4 is 4.74 Å². The maximum Gasteiger partial charge on any atom is 0.573 e. The minimum absolute atomic E-state index is 0.0112. The van der Waals surface area contributed by atoms with Gasteiger partial charge in [-0.25, -0.2) is 18.7 Å². The highest BCUT2D eigenvalue weighted by atomic mass is 19.4. The van der Waals surface area contributed by atoms with Crippen molar-refractivity contribution in [1.29, 1.82) is 0 Å². The van der Waals surface area contributed by atoms with Gasteiger partial charge in [0.2, 0.25) is 0 Å². The molecule has 5 nitrogen and oxygen atoms in total. The fourth-order valence-corrected chi connectivity index (χ4v) is 2.77. The molecule has 2 aliphatic heterocycles. The van der Waals surface area contributed by atoms with E-state index in [0.717, 1.165) is 6.07 Å². The van der Waals surface area contributed by atoms with Crippen LogP contribution in [0.5, 0.6) is 5.75 Å². The Labute approximate surface area is 160 Å². The predicted molar refractivity (Wildman–Crippen MR) is 92.0 cm³/mol. The van der Waals surface area contributed by atoms with Crippen LogP contribution in [0.4, 0.5) is 22.0 Å². The molecule has 0 N–H and O–H groups in total. The van der Waals surface area contributed by atoms with Crippen molar-refractivity contribution in [2.75, 3.05) is 0 Å². The number of halogens is 5. The van der Waals surface area contributed by atoms with Gasteiger partial charge in [0.25, 0.3) is 0 Å². The molecular formula is C19H11F5N4O. The summed E-state index contributed by atoms with van der Waals surface area (Å²) in [4.78, 5) is 8.35. The van der Waals surface area contributed by atoms with Gasteiger partial charge in [-0.1, -0.05) is 18.2 Å². The fourth-order valence-electron chi connectivity index (χ4n) is 2.77. The number of ether oxygens (including phenoxy) is 1. The van der Waals surface area contributed by atoms with E-state index in [1.54, 1.807) is 6.07 Å². The number of nitrogens with zero attached hydrogens (tertiary/aromatic N) is 4. The van der Waals surface area contributed by atoms with E-state index in [1.165, 1.54) is 47.4 Å². The lowest BCUT2D eigenvalue weighted by Gasteiger charge is -2.11. The van der Waals surface area contributed by atoms with Crippen LogP contribution in [0.25, 0.3) is 22.8 Å². The monoisotopic (exact) mass is 406 g/mol. The van der Waals surface area contributed by atoms with Gasteiger partial charge >= 0.3 is 6.36 Å². The normalized spacial score (nSPS) is 11.8. The first-order chi connectivity index (χ1) is 13.8. The van der Waals surface area contributed by atoms with Crippen molar-refractivity contribution < 1.29 is 26.7 Å². The zero-order chi connectivity index (χ0) is 20.6. The Morgan fingerprint density at radius 1 is 0.966 bits per heavy atom. The second kappa shape index (κ2) is 7.12. The van der Waals surface area contributed by atoms with Gasteiger partial charge in [0.05, 0.1) is 24.5 Å². The van der Waals surface area contributed by atoms with E-state index >= 15 is 0 Å². The van der Waals surface area contributed by atoms with Crippen molar-refractivity contribution in [3.63, 3.8) is 0 Å². The minimum atomic E-state index is -4.78. The molecule has 0 radical (unpaired) electrons. The Morgan fingerprint density at radius 2 is 1.72 bits per heavy atom. The summed E-state index contributed by atoms with van der Waals surface area (Å²) in [6.07, 6.45) is -1.88. The van der Waals surface area contributed by atoms with Gasteiger partial charge in [-0.05, 0) is 29.8 Å². The van der Waals surface area contributed by atoms with Crippen LogP contribution in [0.15, 0.2) is 54.9 Å². The van der Waals surface area contributed by atoms with Crippen LogP contribution >= 0.6 is 0 Å². The SMILES string of the molecule is Fc1cccc(-c2nc3cnn(Cc4cccc(OC(F)(F)F)c4)cc-3n2)c1F. The summed E-state index contributed by atoms with van der Waals surface area (Å²) in [6.45, 7) is 0.140. The van der Waals surface area contributed by atoms with Crippen LogP contribution in [0, 0.1) is 11.6 Å². The van der Waals surface area contributed by atoms with Gasteiger partial charge < -0.3 is 4.74 Å². The molecule has 4 rings (SSSR count). The topological polar surface area (TPSA) is 52.8 Å². The van der Waals surface area contributed by atoms with Gasteiger partial charge in [-0.15, -0.1) is 13.2 Å². The van der Waals surface area contributed by atoms with Crippen molar-refractivity contribution in [2.24, 2.45) is 0 Å². The molecule has 2 aromatic rings. The zero-order valence-electron chi connectivity index (χ0n) is 14.5. The average molecular weight is 406 g/mol. The molecular weight excluding hydrogens is 395 g/mol. The van der Waals surface area contributed by atoms with E-state index in [9.17, 15) is 22.0 Å². The molecule has 0 bridgehead atoms. The first kappa shape index (κ1) is 18.8. The van der Waals surface area contributed by atoms with Gasteiger partial charge in [0, 0.05) is 0 Å². The van der Waals surface area contributed by atoms with Crippen molar-refractivity contribution >= 4 is 0 Å². The number of rotatable bonds is 4. The van der Waals surface area contributed by atoms with Crippen molar-refractivity contribution in [3.05, 3.63) is 72.1 Å². The summed E-state index contributed by atoms with van der Waals surface area (Å²) in [5.41, 5.74) is 1.18. The lowest BCUT2D eigenvalue weighted by molar-refractivity contribution is -0.274. The summed E-state index contributed by atoms with van der Waals surface area (Å²) < 4.78 is 69.8. The Morgan fingerprint density at radius 3 is 2.52 bits per heavy atom. The van der Waals surface area contributed by atoms with E-state index in [4.69, 9.17) is 0 Å². The molecule has 0 amide bonds. The third-order valence-corrected chi connectivity index (χ3v) is 3.98. The maximum atomic E-state index is 14.0. The number of imidazole rings is 1. The molecule has 0 aliphatic carbocycles. The standard InChI is InChI=1S/C19H11F5N4O/c20-14-6-2-5-13(17(14)21)18-26-15-8-25-28(10-16(15)27-18)9-11-3-1-4-12(7-11)29-19(22,23)24/h1-8,10H,9H2. The molecule has 0 saturated heterocycles. The summed E-state index contributed by atoms with van der Waals surface area (Å²) >= 11 is 0. The van der Waals surface area contributed by atoms with E-state index in [2.05, 4.69) is 19.8 Å². The van der Waals surface area contributed by atoms with E-state index in [1.807, 2.05) is 0 Å². The molecule has 0 atom stereocenters. The number of hydrogen-bond acceptors (Lipinski definition) is 4. The van der Waals surface area contributed by atoms with E-state index < -0.39 is 18.0 Å². The first-order valence-electron chi connectivity index (χ1n) is 8.28. The van der Waals surface area contributed by atoms with Gasteiger partial charge in [0.15, 0.2) is 17.5 Å². The summed E-state index contributed by atoms with van der Waals surface area (Å²) in [6, 6.07) is 9.20. The Balaban J connectivity index is 1.61. The molecule has 0 unspecified atom stereocenters. The molecule has 2 heterocycles. The van der Waals surface area contributed by atoms with Gasteiger partial charge in [0.1, 0.15) is 17.1 Å². The third kappa shape index (κ3) is 4.15. The van der Waals surface area contributed by atoms with Crippen LogP contribution in [0.2, 0.25) is 0 Å². The third-order valence-electron chi connectivity index (χ3n) is 3.98. The highest BCUT2D eigenvalue weighted by molar-refractivity contribution is 5.65. The number of fused-ring (bicyclic) bond motifs is 1. The van der Waals surface area contributed by atoms with Gasteiger partial charge in [-0.2, -0.15) is 5.10 Å². The van der Waals surface area contributed by atoms with Crippen LogP contribution in [0.1, 0.15) is 5.56 Å². The first-order valence-corrected chi connectivity index (χ1v) is 8.28. The maximum absolute atomic E-state index is 14.0. The number of alkyl halides is 3. The second-order valence-corrected chi connectivity index (χ2v) is 6.09. The molecule has 10 heteroatoms. The minimum Gasteiger partial charge on any atom is -0.406 e. The second-order valence-electron chi connectivity index (χ2n) is 6.09. The molecule has 2 aromatic carbocycles. The van der Waals surface area contributed by atoms with E-state index in [0.29, 0.717) is 17.0 Å². The lowest BCUT2D eigenvalue weighted by atomic mass is 10.2.